The smallest absolute Gasteiger partial charge is 0.230 e. The van der Waals surface area contributed by atoms with Crippen LogP contribution in [-0.2, 0) is 4.79 Å². The third kappa shape index (κ3) is 4.68. The van der Waals surface area contributed by atoms with Crippen molar-refractivity contribution in [2.75, 3.05) is 37.6 Å². The molecule has 0 spiro atoms. The van der Waals surface area contributed by atoms with Crippen LogP contribution in [0.25, 0.3) is 0 Å². The fourth-order valence-electron chi connectivity index (χ4n) is 2.83. The van der Waals surface area contributed by atoms with Crippen molar-refractivity contribution in [2.45, 2.75) is 26.7 Å². The number of hydrogen-bond donors (Lipinski definition) is 1. The molecule has 6 nitrogen and oxygen atoms in total. The zero-order valence-electron chi connectivity index (χ0n) is 13.8. The molecule has 0 bridgehead atoms. The summed E-state index contributed by atoms with van der Waals surface area (Å²) in [6, 6.07) is 1.81. The number of hydrogen-bond acceptors (Lipinski definition) is 5. The Hall–Kier alpha value is -1.11. The summed E-state index contributed by atoms with van der Waals surface area (Å²) in [6.45, 7) is 7.46. The van der Waals surface area contributed by atoms with E-state index in [1.165, 1.54) is 0 Å². The standard InChI is InChI=1S/C15H25N5O.2ClH/c1-3-15(4-2,12-16)13(21)19-8-10-20(11-9-19)14-17-6-5-7-18-14;;/h5-7H,3-4,8-12,16H2,1-2H3;2*1H. The molecule has 1 aromatic rings. The van der Waals surface area contributed by atoms with Gasteiger partial charge in [0, 0.05) is 45.1 Å². The molecule has 0 atom stereocenters. The molecule has 2 rings (SSSR count). The molecule has 2 N–H and O–H groups in total. The quantitative estimate of drug-likeness (QED) is 0.861. The number of carbonyl (C=O) groups excluding carboxylic acids is 1. The topological polar surface area (TPSA) is 75.4 Å². The monoisotopic (exact) mass is 363 g/mol. The van der Waals surface area contributed by atoms with Crippen LogP contribution < -0.4 is 10.6 Å². The lowest BCUT2D eigenvalue weighted by Gasteiger charge is -2.40. The van der Waals surface area contributed by atoms with Crippen molar-refractivity contribution in [3.05, 3.63) is 18.5 Å². The number of aromatic nitrogens is 2. The Balaban J connectivity index is 0.00000242. The number of nitrogens with zero attached hydrogens (tertiary/aromatic N) is 4. The van der Waals surface area contributed by atoms with Crippen molar-refractivity contribution in [1.82, 2.24) is 14.9 Å². The van der Waals surface area contributed by atoms with Crippen LogP contribution in [0.5, 0.6) is 0 Å². The van der Waals surface area contributed by atoms with E-state index in [0.717, 1.165) is 31.9 Å². The maximum atomic E-state index is 12.8. The molecule has 1 aromatic heterocycles. The van der Waals surface area contributed by atoms with Gasteiger partial charge >= 0.3 is 0 Å². The first-order valence-corrected chi connectivity index (χ1v) is 7.68. The first-order chi connectivity index (χ1) is 10.2. The Bertz CT molecular complexity index is 454. The van der Waals surface area contributed by atoms with Crippen LogP contribution in [0.15, 0.2) is 18.5 Å². The highest BCUT2D eigenvalue weighted by Crippen LogP contribution is 2.28. The second-order valence-corrected chi connectivity index (χ2v) is 5.52. The molecule has 2 heterocycles. The normalized spacial score (nSPS) is 14.7. The number of carbonyl (C=O) groups is 1. The first kappa shape index (κ1) is 21.9. The van der Waals surface area contributed by atoms with Gasteiger partial charge in [0.1, 0.15) is 0 Å². The lowest BCUT2D eigenvalue weighted by molar-refractivity contribution is -0.142. The Labute approximate surface area is 150 Å². The second kappa shape index (κ2) is 9.90. The van der Waals surface area contributed by atoms with E-state index >= 15 is 0 Å². The summed E-state index contributed by atoms with van der Waals surface area (Å²) in [7, 11) is 0. The number of anilines is 1. The highest BCUT2D eigenvalue weighted by molar-refractivity contribution is 5.85. The third-order valence-electron chi connectivity index (χ3n) is 4.60. The lowest BCUT2D eigenvalue weighted by Crippen LogP contribution is -2.55. The highest BCUT2D eigenvalue weighted by Gasteiger charge is 2.37. The largest absolute Gasteiger partial charge is 0.339 e. The zero-order valence-corrected chi connectivity index (χ0v) is 15.4. The Kier molecular flexibility index (Phi) is 9.42. The maximum Gasteiger partial charge on any atom is 0.230 e. The van der Waals surface area contributed by atoms with Crippen molar-refractivity contribution in [1.29, 1.82) is 0 Å². The van der Waals surface area contributed by atoms with E-state index in [-0.39, 0.29) is 30.7 Å². The summed E-state index contributed by atoms with van der Waals surface area (Å²) < 4.78 is 0. The number of amides is 1. The van der Waals surface area contributed by atoms with Crippen LogP contribution in [0.1, 0.15) is 26.7 Å². The van der Waals surface area contributed by atoms with Crippen molar-refractivity contribution in [3.63, 3.8) is 0 Å². The molecule has 23 heavy (non-hydrogen) atoms. The fraction of sp³-hybridized carbons (Fsp3) is 0.667. The van der Waals surface area contributed by atoms with Crippen molar-refractivity contribution in [3.8, 4) is 0 Å². The number of halogens is 2. The Morgan fingerprint density at radius 3 is 2.09 bits per heavy atom. The molecule has 132 valence electrons. The van der Waals surface area contributed by atoms with Crippen LogP contribution in [-0.4, -0.2) is 53.5 Å². The predicted octanol–water partition coefficient (Wildman–Crippen LogP) is 1.73. The lowest BCUT2D eigenvalue weighted by atomic mass is 9.81. The van der Waals surface area contributed by atoms with Gasteiger partial charge in [0.15, 0.2) is 0 Å². The molecule has 0 aliphatic carbocycles. The molecule has 1 amide bonds. The minimum absolute atomic E-state index is 0. The molecule has 0 unspecified atom stereocenters. The summed E-state index contributed by atoms with van der Waals surface area (Å²) in [5.74, 6) is 0.935. The van der Waals surface area contributed by atoms with E-state index in [1.807, 2.05) is 18.7 Å². The van der Waals surface area contributed by atoms with Crippen LogP contribution >= 0.6 is 24.8 Å². The van der Waals surface area contributed by atoms with Gasteiger partial charge in [0.25, 0.3) is 0 Å². The van der Waals surface area contributed by atoms with Crippen LogP contribution in [0.4, 0.5) is 5.95 Å². The van der Waals surface area contributed by atoms with Crippen LogP contribution in [0, 0.1) is 5.41 Å². The van der Waals surface area contributed by atoms with Gasteiger partial charge < -0.3 is 15.5 Å². The van der Waals surface area contributed by atoms with E-state index in [0.29, 0.717) is 19.6 Å². The SMILES string of the molecule is CCC(CC)(CN)C(=O)N1CCN(c2ncccn2)CC1.Cl.Cl. The average molecular weight is 364 g/mol. The van der Waals surface area contributed by atoms with Crippen LogP contribution in [0.3, 0.4) is 0 Å². The molecular formula is C15H27Cl2N5O. The third-order valence-corrected chi connectivity index (χ3v) is 4.60. The number of rotatable bonds is 5. The number of nitrogens with two attached hydrogens (primary N) is 1. The van der Waals surface area contributed by atoms with Crippen LogP contribution in [0.2, 0.25) is 0 Å². The first-order valence-electron chi connectivity index (χ1n) is 7.68. The molecule has 0 aromatic carbocycles. The van der Waals surface area contributed by atoms with Crippen molar-refractivity contribution in [2.24, 2.45) is 11.1 Å². The van der Waals surface area contributed by atoms with Gasteiger partial charge in [-0.2, -0.15) is 0 Å². The van der Waals surface area contributed by atoms with Crippen molar-refractivity contribution >= 4 is 36.7 Å². The minimum atomic E-state index is -0.397. The summed E-state index contributed by atoms with van der Waals surface area (Å²) in [5, 5.41) is 0. The fourth-order valence-corrected chi connectivity index (χ4v) is 2.83. The second-order valence-electron chi connectivity index (χ2n) is 5.52. The summed E-state index contributed by atoms with van der Waals surface area (Å²) in [6.07, 6.45) is 5.07. The molecule has 0 saturated carbocycles. The van der Waals surface area contributed by atoms with Gasteiger partial charge in [-0.15, -0.1) is 24.8 Å². The van der Waals surface area contributed by atoms with Gasteiger partial charge in [-0.25, -0.2) is 9.97 Å². The summed E-state index contributed by atoms with van der Waals surface area (Å²) in [4.78, 5) is 25.3. The van der Waals surface area contributed by atoms with Gasteiger partial charge in [0.2, 0.25) is 11.9 Å². The van der Waals surface area contributed by atoms with E-state index in [1.54, 1.807) is 18.5 Å². The van der Waals surface area contributed by atoms with Gasteiger partial charge in [-0.1, -0.05) is 13.8 Å². The van der Waals surface area contributed by atoms with Gasteiger partial charge in [0.05, 0.1) is 5.41 Å². The van der Waals surface area contributed by atoms with E-state index in [4.69, 9.17) is 5.73 Å². The van der Waals surface area contributed by atoms with Crippen molar-refractivity contribution < 1.29 is 4.79 Å². The zero-order chi connectivity index (χ0) is 15.3. The van der Waals surface area contributed by atoms with E-state index in [2.05, 4.69) is 14.9 Å². The molecule has 1 saturated heterocycles. The molecular weight excluding hydrogens is 337 g/mol. The van der Waals surface area contributed by atoms with Gasteiger partial charge in [-0.3, -0.25) is 4.79 Å². The summed E-state index contributed by atoms with van der Waals surface area (Å²) >= 11 is 0. The Morgan fingerprint density at radius 1 is 1.13 bits per heavy atom. The maximum absolute atomic E-state index is 12.8. The molecule has 0 radical (unpaired) electrons. The van der Waals surface area contributed by atoms with E-state index < -0.39 is 5.41 Å². The summed E-state index contributed by atoms with van der Waals surface area (Å²) in [5.41, 5.74) is 5.48. The predicted molar refractivity (Wildman–Crippen MR) is 97.4 cm³/mol. The molecule has 1 aliphatic rings. The van der Waals surface area contributed by atoms with E-state index in [9.17, 15) is 4.79 Å². The van der Waals surface area contributed by atoms with Gasteiger partial charge in [-0.05, 0) is 18.9 Å². The molecule has 1 fully saturated rings. The highest BCUT2D eigenvalue weighted by atomic mass is 35.5. The number of piperazine rings is 1. The minimum Gasteiger partial charge on any atom is -0.339 e. The molecule has 8 heteroatoms. The molecule has 1 aliphatic heterocycles. The average Bonchev–Trinajstić information content (AvgIpc) is 2.58. The Morgan fingerprint density at radius 2 is 1.65 bits per heavy atom.